The molecule has 3 aromatic carbocycles. The Labute approximate surface area is 153 Å². The molecule has 2 heteroatoms. The minimum atomic E-state index is 0.182. The molecule has 0 saturated carbocycles. The molecule has 1 aromatic heterocycles. The van der Waals surface area contributed by atoms with E-state index < -0.39 is 0 Å². The summed E-state index contributed by atoms with van der Waals surface area (Å²) in [5.74, 6) is 0. The molecule has 0 saturated heterocycles. The van der Waals surface area contributed by atoms with Crippen LogP contribution in [0.25, 0.3) is 20.2 Å². The minimum Gasteiger partial charge on any atom is -0.354 e. The number of anilines is 2. The first kappa shape index (κ1) is 16.2. The van der Waals surface area contributed by atoms with E-state index in [0.29, 0.717) is 0 Å². The van der Waals surface area contributed by atoms with Gasteiger partial charge in [-0.25, -0.2) is 0 Å². The van der Waals surface area contributed by atoms with Crippen LogP contribution in [-0.4, -0.2) is 0 Å². The zero-order valence-electron chi connectivity index (χ0n) is 15.2. The number of rotatable bonds is 2. The first-order chi connectivity index (χ1) is 11.9. The van der Waals surface area contributed by atoms with Crippen molar-refractivity contribution in [1.29, 1.82) is 0 Å². The largest absolute Gasteiger partial charge is 0.354 e. The predicted octanol–water partition coefficient (Wildman–Crippen LogP) is 7.40. The molecule has 0 aliphatic rings. The Morgan fingerprint density at radius 3 is 2.08 bits per heavy atom. The SMILES string of the molecule is Cc1cccc2c1sc1c(Nc3ccc(C(C)(C)C)cc3)cccc12. The van der Waals surface area contributed by atoms with Gasteiger partial charge < -0.3 is 5.32 Å². The standard InChI is InChI=1S/C23H23NS/c1-15-7-5-8-18-19-9-6-10-20(22(19)25-21(15)18)24-17-13-11-16(12-14-17)23(2,3)4/h5-14,24H,1-4H3. The number of aryl methyl sites for hydroxylation is 1. The van der Waals surface area contributed by atoms with Crippen LogP contribution in [0.3, 0.4) is 0 Å². The summed E-state index contributed by atoms with van der Waals surface area (Å²) in [6.07, 6.45) is 0. The van der Waals surface area contributed by atoms with E-state index in [-0.39, 0.29) is 5.41 Å². The Hall–Kier alpha value is -2.32. The Morgan fingerprint density at radius 1 is 0.760 bits per heavy atom. The van der Waals surface area contributed by atoms with Gasteiger partial charge in [0.25, 0.3) is 0 Å². The van der Waals surface area contributed by atoms with Crippen molar-refractivity contribution in [2.24, 2.45) is 0 Å². The molecule has 1 heterocycles. The van der Waals surface area contributed by atoms with Gasteiger partial charge in [0.05, 0.1) is 10.4 Å². The predicted molar refractivity (Wildman–Crippen MR) is 112 cm³/mol. The van der Waals surface area contributed by atoms with Crippen molar-refractivity contribution >= 4 is 42.9 Å². The second-order valence-corrected chi connectivity index (χ2v) is 8.71. The molecule has 0 bridgehead atoms. The van der Waals surface area contributed by atoms with Crippen molar-refractivity contribution in [3.63, 3.8) is 0 Å². The third kappa shape index (κ3) is 2.91. The van der Waals surface area contributed by atoms with Gasteiger partial charge in [0, 0.05) is 21.2 Å². The summed E-state index contributed by atoms with van der Waals surface area (Å²) < 4.78 is 2.71. The molecule has 0 amide bonds. The van der Waals surface area contributed by atoms with Gasteiger partial charge in [0.1, 0.15) is 0 Å². The fraction of sp³-hybridized carbons (Fsp3) is 0.217. The zero-order valence-corrected chi connectivity index (χ0v) is 16.0. The molecule has 4 aromatic rings. The molecule has 1 nitrogen and oxygen atoms in total. The van der Waals surface area contributed by atoms with Crippen LogP contribution in [0, 0.1) is 6.92 Å². The molecule has 0 unspecified atom stereocenters. The number of hydrogen-bond donors (Lipinski definition) is 1. The maximum Gasteiger partial charge on any atom is 0.0590 e. The zero-order chi connectivity index (χ0) is 17.6. The maximum atomic E-state index is 3.62. The molecule has 0 spiro atoms. The number of hydrogen-bond acceptors (Lipinski definition) is 2. The van der Waals surface area contributed by atoms with Crippen molar-refractivity contribution in [3.05, 3.63) is 71.8 Å². The lowest BCUT2D eigenvalue weighted by molar-refractivity contribution is 0.590. The smallest absolute Gasteiger partial charge is 0.0590 e. The molecule has 0 aliphatic heterocycles. The van der Waals surface area contributed by atoms with E-state index in [4.69, 9.17) is 0 Å². The highest BCUT2D eigenvalue weighted by Crippen LogP contribution is 2.40. The fourth-order valence-corrected chi connectivity index (χ4v) is 4.51. The third-order valence-corrected chi connectivity index (χ3v) is 6.14. The van der Waals surface area contributed by atoms with Gasteiger partial charge in [-0.2, -0.15) is 0 Å². The lowest BCUT2D eigenvalue weighted by Gasteiger charge is -2.19. The Bertz CT molecular complexity index is 1050. The summed E-state index contributed by atoms with van der Waals surface area (Å²) in [5.41, 5.74) is 5.20. The van der Waals surface area contributed by atoms with Crippen LogP contribution in [0.1, 0.15) is 31.9 Å². The Balaban J connectivity index is 1.77. The normalized spacial score (nSPS) is 12.0. The summed E-state index contributed by atoms with van der Waals surface area (Å²) in [7, 11) is 0. The van der Waals surface area contributed by atoms with Gasteiger partial charge in [0.2, 0.25) is 0 Å². The van der Waals surface area contributed by atoms with E-state index in [1.165, 1.54) is 37.0 Å². The Kier molecular flexibility index (Phi) is 3.81. The number of fused-ring (bicyclic) bond motifs is 3. The van der Waals surface area contributed by atoms with Crippen LogP contribution in [0.4, 0.5) is 11.4 Å². The summed E-state index contributed by atoms with van der Waals surface area (Å²) in [6.45, 7) is 8.93. The summed E-state index contributed by atoms with van der Waals surface area (Å²) in [4.78, 5) is 0. The highest BCUT2D eigenvalue weighted by molar-refractivity contribution is 7.26. The quantitative estimate of drug-likeness (QED) is 0.399. The fourth-order valence-electron chi connectivity index (χ4n) is 3.27. The summed E-state index contributed by atoms with van der Waals surface area (Å²) >= 11 is 1.88. The molecule has 0 atom stereocenters. The van der Waals surface area contributed by atoms with Crippen LogP contribution in [0.15, 0.2) is 60.7 Å². The minimum absolute atomic E-state index is 0.182. The highest BCUT2D eigenvalue weighted by Gasteiger charge is 2.13. The highest BCUT2D eigenvalue weighted by atomic mass is 32.1. The molecular formula is C23H23NS. The first-order valence-electron chi connectivity index (χ1n) is 8.72. The molecule has 4 rings (SSSR count). The average molecular weight is 346 g/mol. The van der Waals surface area contributed by atoms with Gasteiger partial charge in [-0.05, 0) is 41.7 Å². The topological polar surface area (TPSA) is 12.0 Å². The van der Waals surface area contributed by atoms with Crippen molar-refractivity contribution in [2.45, 2.75) is 33.1 Å². The Morgan fingerprint density at radius 2 is 1.40 bits per heavy atom. The van der Waals surface area contributed by atoms with Crippen LogP contribution in [0.2, 0.25) is 0 Å². The van der Waals surface area contributed by atoms with Crippen molar-refractivity contribution < 1.29 is 0 Å². The van der Waals surface area contributed by atoms with Gasteiger partial charge in [-0.3, -0.25) is 0 Å². The van der Waals surface area contributed by atoms with Crippen molar-refractivity contribution in [2.75, 3.05) is 5.32 Å². The van der Waals surface area contributed by atoms with Gasteiger partial charge in [0.15, 0.2) is 0 Å². The lowest BCUT2D eigenvalue weighted by Crippen LogP contribution is -2.10. The molecule has 0 radical (unpaired) electrons. The number of benzene rings is 3. The first-order valence-corrected chi connectivity index (χ1v) is 9.53. The second kappa shape index (κ2) is 5.89. The molecule has 25 heavy (non-hydrogen) atoms. The van der Waals surface area contributed by atoms with Crippen LogP contribution >= 0.6 is 11.3 Å². The summed E-state index contributed by atoms with van der Waals surface area (Å²) in [6, 6.07) is 21.9. The lowest BCUT2D eigenvalue weighted by atomic mass is 9.87. The van der Waals surface area contributed by atoms with Crippen molar-refractivity contribution in [3.8, 4) is 0 Å². The molecule has 0 aliphatic carbocycles. The molecule has 126 valence electrons. The summed E-state index contributed by atoms with van der Waals surface area (Å²) in [5, 5.41) is 6.30. The maximum absolute atomic E-state index is 3.62. The van der Waals surface area contributed by atoms with E-state index in [2.05, 4.69) is 93.7 Å². The van der Waals surface area contributed by atoms with Gasteiger partial charge in [-0.15, -0.1) is 11.3 Å². The van der Waals surface area contributed by atoms with E-state index in [1.807, 2.05) is 11.3 Å². The van der Waals surface area contributed by atoms with E-state index in [9.17, 15) is 0 Å². The molecular weight excluding hydrogens is 322 g/mol. The van der Waals surface area contributed by atoms with Crippen LogP contribution < -0.4 is 5.32 Å². The molecule has 0 fully saturated rings. The van der Waals surface area contributed by atoms with Gasteiger partial charge >= 0.3 is 0 Å². The van der Waals surface area contributed by atoms with E-state index in [0.717, 1.165) is 5.69 Å². The van der Waals surface area contributed by atoms with Gasteiger partial charge in [-0.1, -0.05) is 63.2 Å². The van der Waals surface area contributed by atoms with E-state index >= 15 is 0 Å². The van der Waals surface area contributed by atoms with E-state index in [1.54, 1.807) is 0 Å². The monoisotopic (exact) mass is 345 g/mol. The second-order valence-electron chi connectivity index (χ2n) is 7.69. The number of nitrogens with one attached hydrogen (secondary N) is 1. The van der Waals surface area contributed by atoms with Crippen LogP contribution in [0.5, 0.6) is 0 Å². The molecule has 1 N–H and O–H groups in total. The van der Waals surface area contributed by atoms with Crippen molar-refractivity contribution in [1.82, 2.24) is 0 Å². The third-order valence-electron chi connectivity index (χ3n) is 4.75. The number of thiophene rings is 1. The van der Waals surface area contributed by atoms with Crippen LogP contribution in [-0.2, 0) is 5.41 Å². The average Bonchev–Trinajstić information content (AvgIpc) is 2.96.